The third-order valence-corrected chi connectivity index (χ3v) is 4.00. The molecule has 0 amide bonds. The van der Waals surface area contributed by atoms with Crippen LogP contribution in [0, 0.1) is 6.92 Å². The van der Waals surface area contributed by atoms with E-state index in [0.29, 0.717) is 0 Å². The van der Waals surface area contributed by atoms with Crippen LogP contribution in [0.3, 0.4) is 0 Å². The molecule has 2 aromatic rings. The van der Waals surface area contributed by atoms with Gasteiger partial charge in [-0.25, -0.2) is 0 Å². The number of methoxy groups -OCH3 is 1. The summed E-state index contributed by atoms with van der Waals surface area (Å²) in [5.41, 5.74) is 2.74. The molecule has 2 aromatic carbocycles. The van der Waals surface area contributed by atoms with E-state index in [9.17, 15) is 4.79 Å². The Morgan fingerprint density at radius 3 is 2.58 bits per heavy atom. The van der Waals surface area contributed by atoms with Gasteiger partial charge in [-0.3, -0.25) is 4.79 Å². The van der Waals surface area contributed by atoms with Crippen LogP contribution in [0.4, 0.5) is 0 Å². The van der Waals surface area contributed by atoms with Gasteiger partial charge in [-0.1, -0.05) is 18.2 Å². The third-order valence-electron chi connectivity index (χ3n) is 2.94. The van der Waals surface area contributed by atoms with Gasteiger partial charge in [0.25, 0.3) is 0 Å². The van der Waals surface area contributed by atoms with E-state index in [4.69, 9.17) is 4.74 Å². The number of benzene rings is 2. The Morgan fingerprint density at radius 2 is 1.95 bits per heavy atom. The summed E-state index contributed by atoms with van der Waals surface area (Å²) in [6.45, 7) is 1.93. The molecule has 0 radical (unpaired) electrons. The van der Waals surface area contributed by atoms with Gasteiger partial charge in [0.05, 0.1) is 7.11 Å². The first-order valence-electron chi connectivity index (χ1n) is 6.05. The highest BCUT2D eigenvalue weighted by molar-refractivity contribution is 7.98. The summed E-state index contributed by atoms with van der Waals surface area (Å²) < 4.78 is 5.26. The lowest BCUT2D eigenvalue weighted by molar-refractivity contribution is 0.112. The Kier molecular flexibility index (Phi) is 4.63. The van der Waals surface area contributed by atoms with E-state index in [1.54, 1.807) is 18.9 Å². The summed E-state index contributed by atoms with van der Waals surface area (Å²) in [6, 6.07) is 14.0. The van der Waals surface area contributed by atoms with Crippen molar-refractivity contribution in [3.8, 4) is 5.75 Å². The SMILES string of the molecule is COc1cc(C)c(C=O)c(CSc2ccccc2)c1. The van der Waals surface area contributed by atoms with E-state index in [-0.39, 0.29) is 0 Å². The van der Waals surface area contributed by atoms with E-state index in [1.165, 1.54) is 4.90 Å². The molecule has 2 rings (SSSR count). The average molecular weight is 272 g/mol. The maximum absolute atomic E-state index is 11.2. The summed E-state index contributed by atoms with van der Waals surface area (Å²) in [4.78, 5) is 12.4. The lowest BCUT2D eigenvalue weighted by atomic mass is 10.0. The minimum atomic E-state index is 0.760. The molecule has 0 atom stereocenters. The highest BCUT2D eigenvalue weighted by Crippen LogP contribution is 2.28. The van der Waals surface area contributed by atoms with Crippen LogP contribution in [0.25, 0.3) is 0 Å². The van der Waals surface area contributed by atoms with Crippen molar-refractivity contribution in [2.75, 3.05) is 7.11 Å². The van der Waals surface area contributed by atoms with Crippen LogP contribution in [-0.2, 0) is 5.75 Å². The molecule has 0 saturated heterocycles. The first-order valence-corrected chi connectivity index (χ1v) is 7.03. The Hall–Kier alpha value is -1.74. The highest BCUT2D eigenvalue weighted by atomic mass is 32.2. The number of aryl methyl sites for hydroxylation is 1. The largest absolute Gasteiger partial charge is 0.497 e. The number of carbonyl (C=O) groups excluding carboxylic acids is 1. The van der Waals surface area contributed by atoms with Crippen molar-refractivity contribution in [2.45, 2.75) is 17.6 Å². The molecule has 0 fully saturated rings. The molecule has 0 spiro atoms. The van der Waals surface area contributed by atoms with Gasteiger partial charge in [-0.15, -0.1) is 11.8 Å². The van der Waals surface area contributed by atoms with Crippen LogP contribution in [0.5, 0.6) is 5.75 Å². The fourth-order valence-corrected chi connectivity index (χ4v) is 2.83. The number of hydrogen-bond acceptors (Lipinski definition) is 3. The molecule has 0 aromatic heterocycles. The van der Waals surface area contributed by atoms with Crippen molar-refractivity contribution >= 4 is 18.0 Å². The molecule has 0 saturated carbocycles. The fraction of sp³-hybridized carbons (Fsp3) is 0.188. The third kappa shape index (κ3) is 3.38. The molecule has 0 aliphatic heterocycles. The molecule has 0 bridgehead atoms. The van der Waals surface area contributed by atoms with Crippen LogP contribution in [0.1, 0.15) is 21.5 Å². The molecule has 0 heterocycles. The number of hydrogen-bond donors (Lipinski definition) is 0. The van der Waals surface area contributed by atoms with Crippen LogP contribution in [0.2, 0.25) is 0 Å². The minimum Gasteiger partial charge on any atom is -0.497 e. The molecule has 0 unspecified atom stereocenters. The summed E-state index contributed by atoms with van der Waals surface area (Å²) in [6.07, 6.45) is 0.926. The summed E-state index contributed by atoms with van der Waals surface area (Å²) in [5.74, 6) is 1.56. The number of thioether (sulfide) groups is 1. The topological polar surface area (TPSA) is 26.3 Å². The zero-order valence-electron chi connectivity index (χ0n) is 11.1. The fourth-order valence-electron chi connectivity index (χ4n) is 1.92. The van der Waals surface area contributed by atoms with Crippen molar-refractivity contribution in [1.82, 2.24) is 0 Å². The van der Waals surface area contributed by atoms with Crippen molar-refractivity contribution in [3.63, 3.8) is 0 Å². The first kappa shape index (κ1) is 13.7. The van der Waals surface area contributed by atoms with Gasteiger partial charge in [0.2, 0.25) is 0 Å². The highest BCUT2D eigenvalue weighted by Gasteiger charge is 2.08. The molecule has 0 aliphatic rings. The standard InChI is InChI=1S/C16H16O2S/c1-12-8-14(18-2)9-13(16(12)10-17)11-19-15-6-4-3-5-7-15/h3-10H,11H2,1-2H3. The van der Waals surface area contributed by atoms with Crippen LogP contribution >= 0.6 is 11.8 Å². The zero-order chi connectivity index (χ0) is 13.7. The molecule has 2 nitrogen and oxygen atoms in total. The lowest BCUT2D eigenvalue weighted by Crippen LogP contribution is -1.97. The maximum Gasteiger partial charge on any atom is 0.150 e. The Labute approximate surface area is 117 Å². The van der Waals surface area contributed by atoms with Gasteiger partial charge in [0.1, 0.15) is 5.75 Å². The van der Waals surface area contributed by atoms with Gasteiger partial charge in [0.15, 0.2) is 6.29 Å². The number of ether oxygens (including phenoxy) is 1. The van der Waals surface area contributed by atoms with Gasteiger partial charge in [-0.05, 0) is 42.3 Å². The normalized spacial score (nSPS) is 10.2. The molecule has 98 valence electrons. The van der Waals surface area contributed by atoms with Crippen molar-refractivity contribution in [2.24, 2.45) is 0 Å². The second kappa shape index (κ2) is 6.43. The second-order valence-corrected chi connectivity index (χ2v) is 5.29. The smallest absolute Gasteiger partial charge is 0.150 e. The monoisotopic (exact) mass is 272 g/mol. The van der Waals surface area contributed by atoms with Crippen LogP contribution in [0.15, 0.2) is 47.4 Å². The first-order chi connectivity index (χ1) is 9.24. The number of rotatable bonds is 5. The van der Waals surface area contributed by atoms with Crippen molar-refractivity contribution < 1.29 is 9.53 Å². The molecule has 19 heavy (non-hydrogen) atoms. The molecular weight excluding hydrogens is 256 g/mol. The second-order valence-electron chi connectivity index (χ2n) is 4.24. The zero-order valence-corrected chi connectivity index (χ0v) is 11.9. The van der Waals surface area contributed by atoms with Crippen molar-refractivity contribution in [3.05, 3.63) is 59.2 Å². The maximum atomic E-state index is 11.2. The van der Waals surface area contributed by atoms with Gasteiger partial charge in [0, 0.05) is 16.2 Å². The summed E-state index contributed by atoms with van der Waals surface area (Å²) in [5, 5.41) is 0. The molecular formula is C16H16O2S. The Morgan fingerprint density at radius 1 is 1.21 bits per heavy atom. The predicted molar refractivity (Wildman–Crippen MR) is 79.1 cm³/mol. The molecule has 3 heteroatoms. The average Bonchev–Trinajstić information content (AvgIpc) is 2.45. The quantitative estimate of drug-likeness (QED) is 0.605. The van der Waals surface area contributed by atoms with E-state index < -0.39 is 0 Å². The summed E-state index contributed by atoms with van der Waals surface area (Å²) >= 11 is 1.72. The number of aldehydes is 1. The minimum absolute atomic E-state index is 0.760. The van der Waals surface area contributed by atoms with E-state index in [2.05, 4.69) is 12.1 Å². The van der Waals surface area contributed by atoms with E-state index >= 15 is 0 Å². The number of carbonyl (C=O) groups is 1. The summed E-state index contributed by atoms with van der Waals surface area (Å²) in [7, 11) is 1.64. The van der Waals surface area contributed by atoms with E-state index in [0.717, 1.165) is 34.5 Å². The van der Waals surface area contributed by atoms with Gasteiger partial charge >= 0.3 is 0 Å². The van der Waals surface area contributed by atoms with Crippen LogP contribution in [-0.4, -0.2) is 13.4 Å². The van der Waals surface area contributed by atoms with Crippen LogP contribution < -0.4 is 4.74 Å². The van der Waals surface area contributed by atoms with Gasteiger partial charge in [-0.2, -0.15) is 0 Å². The van der Waals surface area contributed by atoms with Gasteiger partial charge < -0.3 is 4.74 Å². The molecule has 0 N–H and O–H groups in total. The molecule has 0 aliphatic carbocycles. The Bertz CT molecular complexity index is 564. The van der Waals surface area contributed by atoms with E-state index in [1.807, 2.05) is 37.3 Å². The lowest BCUT2D eigenvalue weighted by Gasteiger charge is -2.10. The van der Waals surface area contributed by atoms with Crippen molar-refractivity contribution in [1.29, 1.82) is 0 Å². The Balaban J connectivity index is 2.23. The predicted octanol–water partition coefficient (Wildman–Crippen LogP) is 4.11.